The first-order valence-corrected chi connectivity index (χ1v) is 6.97. The monoisotopic (exact) mass is 334 g/mol. The molecule has 0 radical (unpaired) electrons. The number of halogens is 3. The molecule has 0 spiro atoms. The van der Waals surface area contributed by atoms with Crippen molar-refractivity contribution in [1.82, 2.24) is 9.36 Å². The lowest BCUT2D eigenvalue weighted by molar-refractivity contribution is 0.180. The second-order valence-electron chi connectivity index (χ2n) is 4.42. The second kappa shape index (κ2) is 5.45. The SMILES string of the molecule is Cc1c([C@@H](O)C(Cl)(Cl)Cl)c(=O)n(-c2ccccc2)n1C. The average Bonchev–Trinajstić information content (AvgIpc) is 2.60. The van der Waals surface area contributed by atoms with E-state index in [1.807, 2.05) is 18.2 Å². The Labute approximate surface area is 131 Å². The van der Waals surface area contributed by atoms with Gasteiger partial charge < -0.3 is 5.11 Å². The molecule has 20 heavy (non-hydrogen) atoms. The quantitative estimate of drug-likeness (QED) is 0.858. The molecular weight excluding hydrogens is 323 g/mol. The van der Waals surface area contributed by atoms with Gasteiger partial charge in [0, 0.05) is 12.7 Å². The minimum Gasteiger partial charge on any atom is -0.384 e. The number of aliphatic hydroxyl groups excluding tert-OH is 1. The summed E-state index contributed by atoms with van der Waals surface area (Å²) in [5.41, 5.74) is 0.884. The Morgan fingerprint density at radius 2 is 1.75 bits per heavy atom. The van der Waals surface area contributed by atoms with Crippen LogP contribution in [0.15, 0.2) is 35.1 Å². The Hall–Kier alpha value is -0.940. The lowest BCUT2D eigenvalue weighted by Gasteiger charge is -2.17. The molecule has 0 saturated carbocycles. The molecule has 1 atom stereocenters. The lowest BCUT2D eigenvalue weighted by atomic mass is 10.1. The van der Waals surface area contributed by atoms with E-state index in [-0.39, 0.29) is 5.56 Å². The number of nitrogens with zero attached hydrogens (tertiary/aromatic N) is 2. The van der Waals surface area contributed by atoms with Crippen LogP contribution in [0.1, 0.15) is 17.4 Å². The van der Waals surface area contributed by atoms with Crippen molar-refractivity contribution in [3.63, 3.8) is 0 Å². The molecule has 2 rings (SSSR count). The summed E-state index contributed by atoms with van der Waals surface area (Å²) in [7, 11) is 1.71. The molecule has 0 saturated heterocycles. The van der Waals surface area contributed by atoms with Gasteiger partial charge in [-0.3, -0.25) is 9.48 Å². The summed E-state index contributed by atoms with van der Waals surface area (Å²) in [5.74, 6) is 0. The number of aliphatic hydroxyl groups is 1. The smallest absolute Gasteiger partial charge is 0.277 e. The van der Waals surface area contributed by atoms with Gasteiger partial charge in [0.05, 0.1) is 11.3 Å². The van der Waals surface area contributed by atoms with Gasteiger partial charge in [-0.25, -0.2) is 4.68 Å². The van der Waals surface area contributed by atoms with Gasteiger partial charge in [-0.2, -0.15) is 0 Å². The lowest BCUT2D eigenvalue weighted by Crippen LogP contribution is -2.26. The summed E-state index contributed by atoms with van der Waals surface area (Å²) in [5, 5.41) is 10.1. The van der Waals surface area contributed by atoms with Crippen molar-refractivity contribution in [2.24, 2.45) is 7.05 Å². The fraction of sp³-hybridized carbons (Fsp3) is 0.308. The number of rotatable bonds is 2. The van der Waals surface area contributed by atoms with E-state index in [2.05, 4.69) is 0 Å². The molecule has 0 aliphatic rings. The Bertz CT molecular complexity index is 671. The van der Waals surface area contributed by atoms with Gasteiger partial charge in [0.15, 0.2) is 0 Å². The number of aromatic nitrogens is 2. The Kier molecular flexibility index (Phi) is 4.21. The molecule has 108 valence electrons. The molecule has 1 heterocycles. The zero-order chi connectivity index (χ0) is 15.1. The van der Waals surface area contributed by atoms with Crippen LogP contribution in [0.5, 0.6) is 0 Å². The molecule has 0 aliphatic carbocycles. The van der Waals surface area contributed by atoms with Crippen molar-refractivity contribution >= 4 is 34.8 Å². The highest BCUT2D eigenvalue weighted by Gasteiger charge is 2.37. The van der Waals surface area contributed by atoms with Crippen molar-refractivity contribution in [2.45, 2.75) is 16.8 Å². The van der Waals surface area contributed by atoms with Crippen LogP contribution in [0.3, 0.4) is 0 Å². The Balaban J connectivity index is 2.68. The van der Waals surface area contributed by atoms with Crippen LogP contribution in [0.2, 0.25) is 0 Å². The number of para-hydroxylation sites is 1. The van der Waals surface area contributed by atoms with Crippen molar-refractivity contribution in [3.8, 4) is 5.69 Å². The predicted octanol–water partition coefficient (Wildman–Crippen LogP) is 2.89. The third-order valence-corrected chi connectivity index (χ3v) is 3.80. The van der Waals surface area contributed by atoms with Crippen LogP contribution in [-0.2, 0) is 7.05 Å². The topological polar surface area (TPSA) is 47.2 Å². The van der Waals surface area contributed by atoms with Crippen LogP contribution in [0, 0.1) is 6.92 Å². The van der Waals surface area contributed by atoms with E-state index < -0.39 is 15.5 Å². The van der Waals surface area contributed by atoms with Gasteiger partial charge in [0.25, 0.3) is 5.56 Å². The maximum atomic E-state index is 12.5. The molecule has 4 nitrogen and oxygen atoms in total. The number of alkyl halides is 3. The number of hydrogen-bond donors (Lipinski definition) is 1. The van der Waals surface area contributed by atoms with Gasteiger partial charge in [-0.1, -0.05) is 53.0 Å². The van der Waals surface area contributed by atoms with E-state index >= 15 is 0 Å². The second-order valence-corrected chi connectivity index (χ2v) is 6.79. The zero-order valence-corrected chi connectivity index (χ0v) is 13.1. The fourth-order valence-corrected chi connectivity index (χ4v) is 2.39. The minimum atomic E-state index is -1.96. The van der Waals surface area contributed by atoms with Crippen LogP contribution >= 0.6 is 34.8 Å². The van der Waals surface area contributed by atoms with Crippen molar-refractivity contribution in [1.29, 1.82) is 0 Å². The van der Waals surface area contributed by atoms with Crippen LogP contribution in [-0.4, -0.2) is 18.3 Å². The van der Waals surface area contributed by atoms with E-state index in [1.165, 1.54) is 4.68 Å². The summed E-state index contributed by atoms with van der Waals surface area (Å²) < 4.78 is 1.08. The van der Waals surface area contributed by atoms with Crippen LogP contribution in [0.25, 0.3) is 5.69 Å². The largest absolute Gasteiger partial charge is 0.384 e. The molecule has 0 amide bonds. The maximum absolute atomic E-state index is 12.5. The Morgan fingerprint density at radius 3 is 2.25 bits per heavy atom. The summed E-state index contributed by atoms with van der Waals surface area (Å²) in [4.78, 5) is 12.5. The third kappa shape index (κ3) is 2.61. The maximum Gasteiger partial charge on any atom is 0.277 e. The molecule has 7 heteroatoms. The molecule has 0 aliphatic heterocycles. The molecule has 0 fully saturated rings. The van der Waals surface area contributed by atoms with Gasteiger partial charge in [0.1, 0.15) is 6.10 Å². The molecule has 2 aromatic rings. The molecular formula is C13H13Cl3N2O2. The first-order chi connectivity index (χ1) is 9.25. The molecule has 1 aromatic heterocycles. The van der Waals surface area contributed by atoms with E-state index in [9.17, 15) is 9.90 Å². The van der Waals surface area contributed by atoms with E-state index in [0.717, 1.165) is 0 Å². The van der Waals surface area contributed by atoms with E-state index in [1.54, 1.807) is 30.8 Å². The molecule has 0 bridgehead atoms. The highest BCUT2D eigenvalue weighted by atomic mass is 35.6. The van der Waals surface area contributed by atoms with E-state index in [0.29, 0.717) is 11.4 Å². The van der Waals surface area contributed by atoms with Gasteiger partial charge in [0.2, 0.25) is 3.79 Å². The summed E-state index contributed by atoms with van der Waals surface area (Å²) in [6, 6.07) is 9.05. The fourth-order valence-electron chi connectivity index (χ4n) is 2.07. The molecule has 1 N–H and O–H groups in total. The molecule has 1 aromatic carbocycles. The minimum absolute atomic E-state index is 0.0800. The van der Waals surface area contributed by atoms with Gasteiger partial charge >= 0.3 is 0 Å². The zero-order valence-electron chi connectivity index (χ0n) is 10.8. The number of hydrogen-bond acceptors (Lipinski definition) is 2. The Morgan fingerprint density at radius 1 is 1.20 bits per heavy atom. The number of benzene rings is 1. The van der Waals surface area contributed by atoms with Crippen molar-refractivity contribution in [3.05, 3.63) is 51.9 Å². The summed E-state index contributed by atoms with van der Waals surface area (Å²) in [6.45, 7) is 1.69. The standard InChI is InChI=1S/C13H13Cl3N2O2/c1-8-10(11(19)13(14,15)16)12(20)18(17(8)2)9-6-4-3-5-7-9/h3-7,11,19H,1-2H3/t11-/m1/s1. The van der Waals surface area contributed by atoms with E-state index in [4.69, 9.17) is 34.8 Å². The first kappa shape index (κ1) is 15.4. The predicted molar refractivity (Wildman–Crippen MR) is 81.0 cm³/mol. The normalized spacial score (nSPS) is 13.5. The molecule has 0 unspecified atom stereocenters. The average molecular weight is 336 g/mol. The highest BCUT2D eigenvalue weighted by molar-refractivity contribution is 6.68. The van der Waals surface area contributed by atoms with Gasteiger partial charge in [-0.05, 0) is 19.1 Å². The third-order valence-electron chi connectivity index (χ3n) is 3.18. The summed E-state index contributed by atoms with van der Waals surface area (Å²) in [6.07, 6.45) is -1.49. The first-order valence-electron chi connectivity index (χ1n) is 5.84. The van der Waals surface area contributed by atoms with Crippen molar-refractivity contribution < 1.29 is 5.11 Å². The van der Waals surface area contributed by atoms with Crippen molar-refractivity contribution in [2.75, 3.05) is 0 Å². The highest BCUT2D eigenvalue weighted by Crippen LogP contribution is 2.39. The van der Waals surface area contributed by atoms with Crippen LogP contribution < -0.4 is 5.56 Å². The van der Waals surface area contributed by atoms with Crippen LogP contribution in [0.4, 0.5) is 0 Å². The van der Waals surface area contributed by atoms with Gasteiger partial charge in [-0.15, -0.1) is 0 Å². The summed E-state index contributed by atoms with van der Waals surface area (Å²) >= 11 is 17.1.